The topological polar surface area (TPSA) is 76.8 Å². The van der Waals surface area contributed by atoms with E-state index in [2.05, 4.69) is 5.10 Å². The molecule has 160 valence electrons. The van der Waals surface area contributed by atoms with Gasteiger partial charge in [0.1, 0.15) is 11.4 Å². The van der Waals surface area contributed by atoms with Crippen molar-refractivity contribution in [2.75, 3.05) is 12.4 Å². The van der Waals surface area contributed by atoms with Gasteiger partial charge in [-0.1, -0.05) is 42.1 Å². The number of thioether (sulfide) groups is 1. The van der Waals surface area contributed by atoms with Crippen LogP contribution in [0.15, 0.2) is 58.3 Å². The summed E-state index contributed by atoms with van der Waals surface area (Å²) in [7, 11) is 0. The molecule has 0 radical (unpaired) electrons. The lowest BCUT2D eigenvalue weighted by molar-refractivity contribution is 0.0822. The van der Waals surface area contributed by atoms with Crippen LogP contribution in [0.4, 0.5) is 5.69 Å². The summed E-state index contributed by atoms with van der Waals surface area (Å²) in [6, 6.07) is 14.6. The second-order valence-corrected chi connectivity index (χ2v) is 8.13. The van der Waals surface area contributed by atoms with Gasteiger partial charge in [0.15, 0.2) is 10.9 Å². The first-order valence-electron chi connectivity index (χ1n) is 10.3. The van der Waals surface area contributed by atoms with Crippen LogP contribution in [-0.2, 0) is 6.54 Å². The Kier molecular flexibility index (Phi) is 6.08. The number of benzene rings is 2. The number of amidine groups is 1. The van der Waals surface area contributed by atoms with Crippen molar-refractivity contribution in [3.63, 3.8) is 0 Å². The van der Waals surface area contributed by atoms with Gasteiger partial charge in [0.25, 0.3) is 11.5 Å². The molecule has 1 fully saturated rings. The zero-order valence-electron chi connectivity index (χ0n) is 17.7. The zero-order valence-corrected chi connectivity index (χ0v) is 18.6. The molecule has 31 heavy (non-hydrogen) atoms. The largest absolute Gasteiger partial charge is 0.492 e. The predicted molar refractivity (Wildman–Crippen MR) is 124 cm³/mol. The number of para-hydroxylation sites is 2. The Hall–Kier alpha value is -3.13. The second kappa shape index (κ2) is 8.93. The number of ether oxygens (including phenoxy) is 1. The highest BCUT2D eigenvalue weighted by atomic mass is 32.2. The molecule has 0 spiro atoms. The molecule has 1 saturated heterocycles. The number of hydrogen-bond donors (Lipinski definition) is 0. The summed E-state index contributed by atoms with van der Waals surface area (Å²) in [4.78, 5) is 32.8. The lowest BCUT2D eigenvalue weighted by atomic mass is 10.1. The number of hydrogen-bond acceptors (Lipinski definition) is 6. The van der Waals surface area contributed by atoms with E-state index < -0.39 is 0 Å². The number of aryl methyl sites for hydroxylation is 1. The number of carbonyl (C=O) groups is 1. The molecule has 3 aromatic rings. The van der Waals surface area contributed by atoms with Gasteiger partial charge in [-0.05, 0) is 39.0 Å². The van der Waals surface area contributed by atoms with Gasteiger partial charge < -0.3 is 4.74 Å². The summed E-state index contributed by atoms with van der Waals surface area (Å²) in [5.41, 5.74) is 0.741. The minimum atomic E-state index is -0.261. The van der Waals surface area contributed by atoms with Crippen LogP contribution in [0.5, 0.6) is 5.75 Å². The van der Waals surface area contributed by atoms with E-state index in [4.69, 9.17) is 9.73 Å². The monoisotopic (exact) mass is 436 g/mol. The summed E-state index contributed by atoms with van der Waals surface area (Å²) in [6.07, 6.45) is 0. The van der Waals surface area contributed by atoms with Crippen LogP contribution in [0.2, 0.25) is 0 Å². The number of rotatable bonds is 5. The van der Waals surface area contributed by atoms with Crippen LogP contribution in [-0.4, -0.2) is 44.2 Å². The van der Waals surface area contributed by atoms with Crippen molar-refractivity contribution in [3.05, 3.63) is 64.6 Å². The number of aliphatic imine (C=N–C) groups is 1. The standard InChI is InChI=1S/C23H24N4O3S/c1-4-26-21(28)17-11-7-6-10-16(17)20(25-26)22(29)27-15(3)14-31-23(27)24-18-12-8-9-13-19(18)30-5-2/h6-13,15H,4-5,14H2,1-3H3. The van der Waals surface area contributed by atoms with E-state index in [9.17, 15) is 9.59 Å². The predicted octanol–water partition coefficient (Wildman–Crippen LogP) is 4.08. The average Bonchev–Trinajstić information content (AvgIpc) is 3.15. The highest BCUT2D eigenvalue weighted by Gasteiger charge is 2.35. The number of fused-ring (bicyclic) bond motifs is 1. The minimum absolute atomic E-state index is 0.0573. The van der Waals surface area contributed by atoms with Crippen LogP contribution in [0.25, 0.3) is 10.8 Å². The Morgan fingerprint density at radius 1 is 1.16 bits per heavy atom. The fraction of sp³-hybridized carbons (Fsp3) is 0.304. The number of carbonyl (C=O) groups excluding carboxylic acids is 1. The molecule has 2 aromatic carbocycles. The van der Waals surface area contributed by atoms with Crippen molar-refractivity contribution in [2.24, 2.45) is 4.99 Å². The number of amides is 1. The third kappa shape index (κ3) is 3.95. The summed E-state index contributed by atoms with van der Waals surface area (Å²) in [5.74, 6) is 1.14. The fourth-order valence-corrected chi connectivity index (χ4v) is 4.66. The maximum atomic E-state index is 13.7. The van der Waals surface area contributed by atoms with E-state index >= 15 is 0 Å². The Labute approximate surface area is 184 Å². The highest BCUT2D eigenvalue weighted by molar-refractivity contribution is 8.14. The van der Waals surface area contributed by atoms with Gasteiger partial charge in [0.2, 0.25) is 0 Å². The first-order valence-corrected chi connectivity index (χ1v) is 11.3. The molecule has 0 saturated carbocycles. The molecule has 0 N–H and O–H groups in total. The normalized spacial score (nSPS) is 17.5. The van der Waals surface area contributed by atoms with Gasteiger partial charge in [-0.25, -0.2) is 9.67 Å². The van der Waals surface area contributed by atoms with E-state index in [1.54, 1.807) is 23.1 Å². The SMILES string of the molecule is CCOc1ccccc1N=C1SCC(C)N1C(=O)c1nn(CC)c(=O)c2ccccc12. The fourth-order valence-electron chi connectivity index (χ4n) is 3.55. The van der Waals surface area contributed by atoms with Crippen molar-refractivity contribution in [3.8, 4) is 5.75 Å². The Balaban J connectivity index is 1.81. The molecule has 0 bridgehead atoms. The Bertz CT molecular complexity index is 1220. The smallest absolute Gasteiger partial charge is 0.281 e. The van der Waals surface area contributed by atoms with Gasteiger partial charge in [-0.3, -0.25) is 14.5 Å². The van der Waals surface area contributed by atoms with Crippen molar-refractivity contribution in [1.29, 1.82) is 0 Å². The van der Waals surface area contributed by atoms with E-state index in [0.29, 0.717) is 40.5 Å². The highest BCUT2D eigenvalue weighted by Crippen LogP contribution is 2.33. The Morgan fingerprint density at radius 3 is 2.61 bits per heavy atom. The van der Waals surface area contributed by atoms with E-state index in [-0.39, 0.29) is 23.2 Å². The summed E-state index contributed by atoms with van der Waals surface area (Å²) in [6.45, 7) is 6.66. The van der Waals surface area contributed by atoms with Crippen molar-refractivity contribution < 1.29 is 9.53 Å². The van der Waals surface area contributed by atoms with E-state index in [0.717, 1.165) is 5.75 Å². The molecule has 1 unspecified atom stereocenters. The average molecular weight is 437 g/mol. The Morgan fingerprint density at radius 2 is 1.87 bits per heavy atom. The summed E-state index contributed by atoms with van der Waals surface area (Å²) >= 11 is 1.52. The molecular formula is C23H24N4O3S. The first-order chi connectivity index (χ1) is 15.0. The molecule has 1 aliphatic rings. The van der Waals surface area contributed by atoms with Crippen molar-refractivity contribution >= 4 is 39.3 Å². The van der Waals surface area contributed by atoms with Crippen LogP contribution in [0.1, 0.15) is 31.3 Å². The maximum absolute atomic E-state index is 13.7. The molecule has 7 nitrogen and oxygen atoms in total. The zero-order chi connectivity index (χ0) is 22.0. The molecule has 2 heterocycles. The van der Waals surface area contributed by atoms with Gasteiger partial charge >= 0.3 is 0 Å². The third-order valence-corrected chi connectivity index (χ3v) is 6.27. The first kappa shape index (κ1) is 21.1. The lowest BCUT2D eigenvalue weighted by Gasteiger charge is -2.22. The molecule has 8 heteroatoms. The quantitative estimate of drug-likeness (QED) is 0.602. The van der Waals surface area contributed by atoms with E-state index in [1.165, 1.54) is 16.4 Å². The van der Waals surface area contributed by atoms with Crippen molar-refractivity contribution in [2.45, 2.75) is 33.4 Å². The second-order valence-electron chi connectivity index (χ2n) is 7.15. The van der Waals surface area contributed by atoms with E-state index in [1.807, 2.05) is 51.1 Å². The van der Waals surface area contributed by atoms with Gasteiger partial charge in [-0.2, -0.15) is 5.10 Å². The molecule has 1 aromatic heterocycles. The number of nitrogens with zero attached hydrogens (tertiary/aromatic N) is 4. The molecule has 0 aliphatic carbocycles. The van der Waals surface area contributed by atoms with Crippen molar-refractivity contribution in [1.82, 2.24) is 14.7 Å². The number of aromatic nitrogens is 2. The van der Waals surface area contributed by atoms with Crippen LogP contribution in [0, 0.1) is 0 Å². The summed E-state index contributed by atoms with van der Waals surface area (Å²) in [5, 5.41) is 6.06. The molecule has 4 rings (SSSR count). The van der Waals surface area contributed by atoms with Gasteiger partial charge in [0, 0.05) is 23.7 Å². The van der Waals surface area contributed by atoms with Gasteiger partial charge in [-0.15, -0.1) is 0 Å². The third-order valence-electron chi connectivity index (χ3n) is 5.07. The minimum Gasteiger partial charge on any atom is -0.492 e. The van der Waals surface area contributed by atoms with Crippen LogP contribution < -0.4 is 10.3 Å². The molecule has 1 atom stereocenters. The molecule has 1 amide bonds. The maximum Gasteiger partial charge on any atom is 0.281 e. The molecule has 1 aliphatic heterocycles. The summed E-state index contributed by atoms with van der Waals surface area (Å²) < 4.78 is 7.02. The van der Waals surface area contributed by atoms with Gasteiger partial charge in [0.05, 0.1) is 12.0 Å². The van der Waals surface area contributed by atoms with Crippen LogP contribution in [0.3, 0.4) is 0 Å². The lowest BCUT2D eigenvalue weighted by Crippen LogP contribution is -2.39. The van der Waals surface area contributed by atoms with Crippen LogP contribution >= 0.6 is 11.8 Å². The molecular weight excluding hydrogens is 412 g/mol.